The molecule has 4 aromatic carbocycles. The van der Waals surface area contributed by atoms with Gasteiger partial charge in [-0.3, -0.25) is 29.3 Å². The van der Waals surface area contributed by atoms with Gasteiger partial charge in [-0.25, -0.2) is 0 Å². The maximum absolute atomic E-state index is 13.1. The second-order valence-corrected chi connectivity index (χ2v) is 15.1. The van der Waals surface area contributed by atoms with Crippen molar-refractivity contribution in [3.63, 3.8) is 0 Å². The van der Waals surface area contributed by atoms with E-state index in [2.05, 4.69) is 45.6 Å². The average Bonchev–Trinajstić information content (AvgIpc) is 3.30. The predicted molar refractivity (Wildman–Crippen MR) is 243 cm³/mol. The molecule has 1 aliphatic rings. The topological polar surface area (TPSA) is 201 Å². The molecular weight excluding hydrogens is 839 g/mol. The van der Waals surface area contributed by atoms with Gasteiger partial charge < -0.3 is 18.9 Å². The lowest BCUT2D eigenvalue weighted by Gasteiger charge is -2.22. The molecule has 0 N–H and O–H groups in total. The summed E-state index contributed by atoms with van der Waals surface area (Å²) in [6.45, 7) is 3.97. The maximum atomic E-state index is 13.1. The van der Waals surface area contributed by atoms with Crippen molar-refractivity contribution in [1.29, 1.82) is 0 Å². The second kappa shape index (κ2) is 20.2. The lowest BCUT2D eigenvalue weighted by Crippen LogP contribution is -2.12. The smallest absolute Gasteiger partial charge is 0.308 e. The molecular formula is C50H41N9O7. The molecule has 16 heteroatoms. The molecule has 0 unspecified atom stereocenters. The van der Waals surface area contributed by atoms with E-state index in [0.717, 1.165) is 11.1 Å². The Morgan fingerprint density at radius 3 is 0.939 bits per heavy atom. The van der Waals surface area contributed by atoms with Crippen molar-refractivity contribution in [2.75, 3.05) is 7.11 Å². The van der Waals surface area contributed by atoms with Crippen LogP contribution < -0.4 is 18.9 Å². The molecule has 0 spiro atoms. The van der Waals surface area contributed by atoms with Gasteiger partial charge in [0.15, 0.2) is 0 Å². The zero-order valence-corrected chi connectivity index (χ0v) is 36.3. The van der Waals surface area contributed by atoms with Crippen LogP contribution in [0.3, 0.4) is 0 Å². The number of pyridine rings is 3. The minimum Gasteiger partial charge on any atom is -0.496 e. The molecule has 0 radical (unpaired) electrons. The number of esters is 3. The number of aromatic nitrogens is 3. The van der Waals surface area contributed by atoms with Crippen molar-refractivity contribution in [2.45, 2.75) is 46.5 Å². The summed E-state index contributed by atoms with van der Waals surface area (Å²) in [6, 6.07) is 27.0. The Bertz CT molecular complexity index is 2870. The molecule has 3 aromatic heterocycles. The quantitative estimate of drug-likeness (QED) is 0.0722. The molecule has 8 rings (SSSR count). The fraction of sp³-hybridized carbons (Fsp3) is 0.160. The van der Waals surface area contributed by atoms with Gasteiger partial charge in [-0.2, -0.15) is 15.3 Å². The zero-order valence-electron chi connectivity index (χ0n) is 36.3. The molecule has 0 fully saturated rings. The van der Waals surface area contributed by atoms with Crippen LogP contribution in [0.4, 0.5) is 34.1 Å². The van der Waals surface area contributed by atoms with Crippen LogP contribution in [0.15, 0.2) is 159 Å². The van der Waals surface area contributed by atoms with Crippen LogP contribution in [-0.2, 0) is 40.1 Å². The van der Waals surface area contributed by atoms with Crippen LogP contribution in [0.5, 0.6) is 23.0 Å². The molecule has 0 saturated carbocycles. The molecule has 0 saturated heterocycles. The number of rotatable bonds is 10. The summed E-state index contributed by atoms with van der Waals surface area (Å²) < 4.78 is 24.4. The number of azo groups is 3. The van der Waals surface area contributed by atoms with E-state index < -0.39 is 17.9 Å². The third-order valence-electron chi connectivity index (χ3n) is 10.1. The van der Waals surface area contributed by atoms with Gasteiger partial charge in [0.1, 0.15) is 40.1 Å². The number of ether oxygens (including phenoxy) is 4. The summed E-state index contributed by atoms with van der Waals surface area (Å²) >= 11 is 0. The molecule has 0 aliphatic heterocycles. The third kappa shape index (κ3) is 10.9. The molecule has 1 aliphatic carbocycles. The molecule has 66 heavy (non-hydrogen) atoms. The first-order chi connectivity index (χ1) is 32.1. The fourth-order valence-electron chi connectivity index (χ4n) is 7.58. The number of fused-ring (bicyclic) bond motifs is 8. The van der Waals surface area contributed by atoms with E-state index in [0.29, 0.717) is 73.3 Å². The van der Waals surface area contributed by atoms with Crippen molar-refractivity contribution in [3.8, 4) is 23.0 Å². The highest BCUT2D eigenvalue weighted by Gasteiger charge is 2.25. The summed E-state index contributed by atoms with van der Waals surface area (Å²) in [5.41, 5.74) is 7.55. The highest BCUT2D eigenvalue weighted by molar-refractivity contribution is 5.75. The molecule has 0 amide bonds. The van der Waals surface area contributed by atoms with Gasteiger partial charge in [-0.15, -0.1) is 15.3 Å². The molecule has 0 atom stereocenters. The Morgan fingerprint density at radius 1 is 0.394 bits per heavy atom. The largest absolute Gasteiger partial charge is 0.496 e. The van der Waals surface area contributed by atoms with Crippen molar-refractivity contribution in [2.24, 2.45) is 30.7 Å². The number of carbonyl (C=O) groups excluding carboxylic acids is 3. The highest BCUT2D eigenvalue weighted by Crippen LogP contribution is 2.43. The minimum atomic E-state index is -0.595. The Labute approximate surface area is 379 Å². The van der Waals surface area contributed by atoms with Crippen molar-refractivity contribution >= 4 is 52.0 Å². The van der Waals surface area contributed by atoms with E-state index in [1.807, 2.05) is 18.2 Å². The van der Waals surface area contributed by atoms with Gasteiger partial charge in [-0.1, -0.05) is 18.2 Å². The van der Waals surface area contributed by atoms with E-state index in [-0.39, 0.29) is 42.9 Å². The number of nitrogens with zero attached hydrogens (tertiary/aromatic N) is 9. The monoisotopic (exact) mass is 879 g/mol. The Hall–Kier alpha value is -8.66. The SMILES string of the molecule is COc1c2cccc1Cc1cc(N=Nc3cccnc3)cc(c1OC(C)=O)Cc1cc(N=Nc3cccnc3)cc(c1OC(C)=O)Cc1cc(N=Nc3cccnc3)cc(c1OC(C)=O)C2. The van der Waals surface area contributed by atoms with Crippen LogP contribution in [0.1, 0.15) is 65.3 Å². The summed E-state index contributed by atoms with van der Waals surface area (Å²) in [6.07, 6.45) is 10.2. The van der Waals surface area contributed by atoms with Gasteiger partial charge in [-0.05, 0) is 83.9 Å². The lowest BCUT2D eigenvalue weighted by molar-refractivity contribution is -0.132. The number of hydrogen-bond donors (Lipinski definition) is 0. The Balaban J connectivity index is 1.42. The highest BCUT2D eigenvalue weighted by atomic mass is 16.5. The number of carbonyl (C=O) groups is 3. The first kappa shape index (κ1) is 44.0. The summed E-state index contributed by atoms with van der Waals surface area (Å²) in [4.78, 5) is 51.6. The van der Waals surface area contributed by atoms with Crippen molar-refractivity contribution in [3.05, 3.63) is 173 Å². The summed E-state index contributed by atoms with van der Waals surface area (Å²) in [5.74, 6) is -0.363. The van der Waals surface area contributed by atoms with Crippen LogP contribution in [0.25, 0.3) is 0 Å². The average molecular weight is 880 g/mol. The fourth-order valence-corrected chi connectivity index (χ4v) is 7.58. The van der Waals surface area contributed by atoms with Gasteiger partial charge >= 0.3 is 17.9 Å². The third-order valence-corrected chi connectivity index (χ3v) is 10.1. The van der Waals surface area contributed by atoms with Gasteiger partial charge in [0.05, 0.1) is 42.8 Å². The minimum absolute atomic E-state index is 0.0380. The van der Waals surface area contributed by atoms with E-state index >= 15 is 0 Å². The van der Waals surface area contributed by atoms with Crippen LogP contribution in [0.2, 0.25) is 0 Å². The maximum Gasteiger partial charge on any atom is 0.308 e. The normalized spacial score (nSPS) is 12.3. The first-order valence-corrected chi connectivity index (χ1v) is 20.7. The van der Waals surface area contributed by atoms with E-state index in [4.69, 9.17) is 18.9 Å². The second-order valence-electron chi connectivity index (χ2n) is 15.1. The number of methoxy groups -OCH3 is 1. The van der Waals surface area contributed by atoms with Gasteiger partial charge in [0.25, 0.3) is 0 Å². The first-order valence-electron chi connectivity index (χ1n) is 20.7. The van der Waals surface area contributed by atoms with E-state index in [9.17, 15) is 14.4 Å². The predicted octanol–water partition coefficient (Wildman–Crippen LogP) is 11.6. The van der Waals surface area contributed by atoms with Crippen LogP contribution >= 0.6 is 0 Å². The van der Waals surface area contributed by atoms with Gasteiger partial charge in [0, 0.05) is 98.4 Å². The Kier molecular flexibility index (Phi) is 13.5. The summed E-state index contributed by atoms with van der Waals surface area (Å²) in [7, 11) is 1.58. The lowest BCUT2D eigenvalue weighted by atomic mass is 9.90. The molecule has 328 valence electrons. The zero-order chi connectivity index (χ0) is 46.0. The van der Waals surface area contributed by atoms with E-state index in [1.54, 1.807) is 117 Å². The standard InChI is InChI=1S/C50H41N9O7/c1-30(60)64-48-35-17-33-9-5-10-34(47(33)63-4)18-36-22-45(58-55-42-12-7-15-52-28-42)24-38(49(36)65-31(2)61)20-40-26-46(59-56-43-13-8-16-53-29-43)25-39(50(40)66-32(3)62)19-37(48)23-44(21-35)57-54-41-11-6-14-51-27-41/h5-16,21-29H,17-20H2,1-4H3. The molecule has 3 heterocycles. The molecule has 8 bridgehead atoms. The van der Waals surface area contributed by atoms with Gasteiger partial charge in [0.2, 0.25) is 0 Å². The van der Waals surface area contributed by atoms with Crippen molar-refractivity contribution in [1.82, 2.24) is 15.0 Å². The summed E-state index contributed by atoms with van der Waals surface area (Å²) in [5, 5.41) is 27.2. The van der Waals surface area contributed by atoms with Crippen LogP contribution in [0, 0.1) is 0 Å². The van der Waals surface area contributed by atoms with Crippen molar-refractivity contribution < 1.29 is 33.3 Å². The molecule has 7 aromatic rings. The number of hydrogen-bond acceptors (Lipinski definition) is 16. The number of para-hydroxylation sites is 1. The molecule has 16 nitrogen and oxygen atoms in total. The number of benzene rings is 4. The van der Waals surface area contributed by atoms with E-state index in [1.165, 1.54) is 20.8 Å². The van der Waals surface area contributed by atoms with Crippen LogP contribution in [-0.4, -0.2) is 40.0 Å². The Morgan fingerprint density at radius 2 is 0.682 bits per heavy atom.